The lowest BCUT2D eigenvalue weighted by atomic mass is 9.88. The predicted octanol–water partition coefficient (Wildman–Crippen LogP) is 12.4. The summed E-state index contributed by atoms with van der Waals surface area (Å²) >= 11 is 0. The summed E-state index contributed by atoms with van der Waals surface area (Å²) < 4.78 is 47.1. The zero-order chi connectivity index (χ0) is 51.4. The molecule has 396 valence electrons. The van der Waals surface area contributed by atoms with E-state index in [1.807, 2.05) is 43.9 Å². The standard InChI is InChI=1S/C54H98N2O10Si3/c1-17-46(65-68(21-5,22-6)23-7)41(13)51-47(61-51)36-53(15,66-69(24-8,25-9)26-10)32-27-28-39(11)50-40(12)29-30-48(60-42(14)57)54(16,63-52(59)56-38-43-34-44(56)37-55-43)33-31-45(35-49(58)62-50)64-67(18-2,19-3)20-4/h27-30,32,40-41,43-48,50-51,55H,17-26,31,33-38H2,1-16H3/b30-29+,32-27+,39-28+/t40-,41?,43?,44?,45+,46?,47+,48-,50+,51+,53?,54+/m0/s1. The molecule has 5 unspecified atom stereocenters. The Morgan fingerprint density at radius 3 is 2.06 bits per heavy atom. The Labute approximate surface area is 422 Å². The second-order valence-corrected chi connectivity index (χ2v) is 35.8. The van der Waals surface area contributed by atoms with E-state index in [4.69, 9.17) is 32.2 Å². The van der Waals surface area contributed by atoms with Gasteiger partial charge < -0.3 is 42.4 Å². The van der Waals surface area contributed by atoms with Crippen LogP contribution in [-0.4, -0.2) is 121 Å². The first-order valence-corrected chi connectivity index (χ1v) is 35.1. The van der Waals surface area contributed by atoms with Crippen LogP contribution in [0.4, 0.5) is 4.79 Å². The highest BCUT2D eigenvalue weighted by Crippen LogP contribution is 2.43. The van der Waals surface area contributed by atoms with E-state index >= 15 is 0 Å². The number of nitrogens with one attached hydrogen (secondary N) is 1. The van der Waals surface area contributed by atoms with Gasteiger partial charge in [0.1, 0.15) is 6.10 Å². The Kier molecular flexibility index (Phi) is 22.6. The number of nitrogens with zero attached hydrogens (tertiary/aromatic N) is 1. The molecule has 0 aromatic carbocycles. The maximum absolute atomic E-state index is 14.3. The minimum Gasteiger partial charge on any atom is -0.457 e. The topological polar surface area (TPSA) is 134 Å². The molecule has 0 aliphatic carbocycles. The number of carbonyl (C=O) groups excluding carboxylic acids is 3. The molecule has 2 bridgehead atoms. The highest BCUT2D eigenvalue weighted by atomic mass is 28.4. The number of amides is 1. The van der Waals surface area contributed by atoms with Gasteiger partial charge >= 0.3 is 18.0 Å². The van der Waals surface area contributed by atoms with Gasteiger partial charge in [-0.05, 0) is 113 Å². The Morgan fingerprint density at radius 2 is 1.54 bits per heavy atom. The molecule has 0 aromatic rings. The first kappa shape index (κ1) is 59.4. The van der Waals surface area contributed by atoms with Gasteiger partial charge in [-0.25, -0.2) is 4.79 Å². The SMILES string of the molecule is CCC(O[Si](CC)(CC)CC)C(C)[C@H]1O[C@@H]1CC(C)(/C=C/C=C(\C)[C@H]1OC(=O)C[C@H](O[Si](CC)(CC)CC)CC[C@@](C)(OC(=O)N2CC3CC2CN3)[C@@H](OC(C)=O)/C=C/[C@@H]1C)O[Si](CC)(CC)CC. The van der Waals surface area contributed by atoms with E-state index in [-0.39, 0.29) is 54.6 Å². The summed E-state index contributed by atoms with van der Waals surface area (Å²) in [5, 5.41) is 3.46. The van der Waals surface area contributed by atoms with Crippen molar-refractivity contribution in [2.24, 2.45) is 11.8 Å². The number of allylic oxidation sites excluding steroid dienone is 2. The summed E-state index contributed by atoms with van der Waals surface area (Å²) in [5.74, 6) is -0.863. The van der Waals surface area contributed by atoms with Gasteiger partial charge in [-0.2, -0.15) is 0 Å². The normalized spacial score (nSPS) is 30.5. The van der Waals surface area contributed by atoms with E-state index in [0.717, 1.165) is 85.8 Å². The fourth-order valence-corrected chi connectivity index (χ4v) is 20.6. The molecular weight excluding hydrogens is 921 g/mol. The second-order valence-electron chi connectivity index (χ2n) is 21.7. The third-order valence-corrected chi connectivity index (χ3v) is 31.4. The van der Waals surface area contributed by atoms with Crippen LogP contribution in [0.15, 0.2) is 36.0 Å². The lowest BCUT2D eigenvalue weighted by Crippen LogP contribution is -2.52. The smallest absolute Gasteiger partial charge is 0.410 e. The van der Waals surface area contributed by atoms with Crippen LogP contribution in [0.3, 0.4) is 0 Å². The Morgan fingerprint density at radius 1 is 0.928 bits per heavy atom. The van der Waals surface area contributed by atoms with Gasteiger partial charge in [0, 0.05) is 56.5 Å². The molecule has 3 saturated heterocycles. The minimum absolute atomic E-state index is 0.0572. The van der Waals surface area contributed by atoms with Crippen molar-refractivity contribution in [2.45, 2.75) is 264 Å². The fraction of sp³-hybridized carbons (Fsp3) is 0.833. The number of piperazine rings is 1. The number of fused-ring (bicyclic) bond motifs is 2. The molecule has 4 rings (SSSR count). The molecule has 4 aliphatic heterocycles. The molecular formula is C54H98N2O10Si3. The average molecular weight is 1020 g/mol. The Hall–Kier alpha value is -2.12. The largest absolute Gasteiger partial charge is 0.457 e. The zero-order valence-electron chi connectivity index (χ0n) is 46.2. The number of esters is 2. The molecule has 4 aliphatic rings. The van der Waals surface area contributed by atoms with E-state index in [9.17, 15) is 14.4 Å². The van der Waals surface area contributed by atoms with Gasteiger partial charge in [0.2, 0.25) is 0 Å². The molecule has 0 spiro atoms. The zero-order valence-corrected chi connectivity index (χ0v) is 49.2. The number of hydrogen-bond acceptors (Lipinski definition) is 11. The van der Waals surface area contributed by atoms with E-state index in [0.29, 0.717) is 19.4 Å². The lowest BCUT2D eigenvalue weighted by molar-refractivity contribution is -0.158. The summed E-state index contributed by atoms with van der Waals surface area (Å²) in [6.45, 7) is 35.5. The van der Waals surface area contributed by atoms with E-state index in [2.05, 4.69) is 101 Å². The maximum atomic E-state index is 14.3. The summed E-state index contributed by atoms with van der Waals surface area (Å²) in [4.78, 5) is 42.9. The molecule has 12 nitrogen and oxygen atoms in total. The van der Waals surface area contributed by atoms with Gasteiger partial charge in [-0.15, -0.1) is 0 Å². The first-order chi connectivity index (χ1) is 32.6. The predicted molar refractivity (Wildman–Crippen MR) is 286 cm³/mol. The van der Waals surface area contributed by atoms with Crippen LogP contribution < -0.4 is 5.32 Å². The van der Waals surface area contributed by atoms with Crippen molar-refractivity contribution >= 4 is 43.0 Å². The average Bonchev–Trinajstić information content (AvgIpc) is 3.73. The van der Waals surface area contributed by atoms with E-state index in [1.54, 1.807) is 0 Å². The number of cyclic esters (lactones) is 1. The molecule has 0 saturated carbocycles. The molecule has 1 N–H and O–H groups in total. The maximum Gasteiger partial charge on any atom is 0.410 e. The first-order valence-electron chi connectivity index (χ1n) is 27.5. The van der Waals surface area contributed by atoms with Crippen LogP contribution >= 0.6 is 0 Å². The highest BCUT2D eigenvalue weighted by Gasteiger charge is 2.51. The van der Waals surface area contributed by atoms with Gasteiger partial charge in [-0.3, -0.25) is 9.59 Å². The quantitative estimate of drug-likeness (QED) is 0.0234. The number of rotatable bonds is 25. The second kappa shape index (κ2) is 26.2. The number of likely N-dealkylation sites (tertiary alicyclic amines) is 1. The van der Waals surface area contributed by atoms with Crippen molar-refractivity contribution in [2.75, 3.05) is 13.1 Å². The van der Waals surface area contributed by atoms with Crippen molar-refractivity contribution in [1.29, 1.82) is 0 Å². The van der Waals surface area contributed by atoms with Crippen molar-refractivity contribution in [3.8, 4) is 0 Å². The van der Waals surface area contributed by atoms with Gasteiger partial charge in [-0.1, -0.05) is 107 Å². The van der Waals surface area contributed by atoms with Crippen LogP contribution in [-0.2, 0) is 41.8 Å². The van der Waals surface area contributed by atoms with Crippen LogP contribution in [0, 0.1) is 11.8 Å². The number of ether oxygens (including phenoxy) is 4. The van der Waals surface area contributed by atoms with Crippen molar-refractivity contribution in [3.05, 3.63) is 36.0 Å². The molecule has 15 heteroatoms. The molecule has 3 fully saturated rings. The van der Waals surface area contributed by atoms with E-state index < -0.39 is 66.5 Å². The summed E-state index contributed by atoms with van der Waals surface area (Å²) in [7, 11) is -6.06. The van der Waals surface area contributed by atoms with Gasteiger partial charge in [0.05, 0.1) is 30.3 Å². The van der Waals surface area contributed by atoms with Crippen molar-refractivity contribution < 1.29 is 46.6 Å². The summed E-state index contributed by atoms with van der Waals surface area (Å²) in [5.41, 5.74) is -0.963. The van der Waals surface area contributed by atoms with Gasteiger partial charge in [0.25, 0.3) is 0 Å². The number of carbonyl (C=O) groups is 3. The Balaban J connectivity index is 1.69. The third-order valence-electron chi connectivity index (χ3n) is 17.2. The number of hydrogen-bond donors (Lipinski definition) is 1. The number of epoxide rings is 1. The van der Waals surface area contributed by atoms with E-state index in [1.165, 1.54) is 6.92 Å². The van der Waals surface area contributed by atoms with Crippen LogP contribution in [0.1, 0.15) is 149 Å². The Bertz CT molecular complexity index is 1730. The fourth-order valence-electron chi connectivity index (χ4n) is 11.6. The van der Waals surface area contributed by atoms with Crippen LogP contribution in [0.25, 0.3) is 0 Å². The molecule has 0 radical (unpaired) electrons. The van der Waals surface area contributed by atoms with Crippen molar-refractivity contribution in [3.63, 3.8) is 0 Å². The molecule has 0 aromatic heterocycles. The molecule has 4 heterocycles. The third kappa shape index (κ3) is 15.5. The van der Waals surface area contributed by atoms with Crippen LogP contribution in [0.5, 0.6) is 0 Å². The summed E-state index contributed by atoms with van der Waals surface area (Å²) in [6, 6.07) is 9.53. The molecule has 1 amide bonds. The van der Waals surface area contributed by atoms with Crippen LogP contribution in [0.2, 0.25) is 54.4 Å². The highest BCUT2D eigenvalue weighted by molar-refractivity contribution is 6.74. The molecule has 12 atom stereocenters. The van der Waals surface area contributed by atoms with Crippen molar-refractivity contribution in [1.82, 2.24) is 10.2 Å². The lowest BCUT2D eigenvalue weighted by Gasteiger charge is -2.40. The monoisotopic (exact) mass is 1020 g/mol. The minimum atomic E-state index is -2.20. The van der Waals surface area contributed by atoms with Gasteiger partial charge in [0.15, 0.2) is 36.7 Å². The summed E-state index contributed by atoms with van der Waals surface area (Å²) in [6.07, 6.45) is 11.4. The molecule has 69 heavy (non-hydrogen) atoms.